The van der Waals surface area contributed by atoms with E-state index in [0.29, 0.717) is 11.1 Å². The summed E-state index contributed by atoms with van der Waals surface area (Å²) in [5.74, 6) is -0.826. The minimum atomic E-state index is -0.508. The highest BCUT2D eigenvalue weighted by molar-refractivity contribution is 5.93. The standard InChI is InChI=1S/C15H12FN3O/c1-10-2-4-13(9-18-10)15(20)19-8-12-5-3-11(7-17)6-14(12)16/h2-6,9H,8H2,1H3,(H,19,20). The minimum absolute atomic E-state index is 0.0598. The second-order valence-electron chi connectivity index (χ2n) is 4.29. The predicted octanol–water partition coefficient (Wildman–Crippen LogP) is 2.33. The minimum Gasteiger partial charge on any atom is -0.348 e. The smallest absolute Gasteiger partial charge is 0.253 e. The molecule has 0 fully saturated rings. The maximum absolute atomic E-state index is 13.6. The number of pyridine rings is 1. The number of rotatable bonds is 3. The van der Waals surface area contributed by atoms with Crippen LogP contribution in [0, 0.1) is 24.1 Å². The van der Waals surface area contributed by atoms with Crippen LogP contribution < -0.4 is 5.32 Å². The van der Waals surface area contributed by atoms with E-state index in [4.69, 9.17) is 5.26 Å². The van der Waals surface area contributed by atoms with Crippen molar-refractivity contribution in [3.05, 3.63) is 64.7 Å². The van der Waals surface area contributed by atoms with Gasteiger partial charge in [-0.1, -0.05) is 6.07 Å². The number of hydrogen-bond acceptors (Lipinski definition) is 3. The van der Waals surface area contributed by atoms with E-state index < -0.39 is 5.82 Å². The number of aromatic nitrogens is 1. The third kappa shape index (κ3) is 3.18. The fraction of sp³-hybridized carbons (Fsp3) is 0.133. The number of amides is 1. The Morgan fingerprint density at radius 1 is 1.40 bits per heavy atom. The van der Waals surface area contributed by atoms with E-state index in [0.717, 1.165) is 11.8 Å². The Morgan fingerprint density at radius 3 is 2.80 bits per heavy atom. The van der Waals surface area contributed by atoms with Crippen molar-refractivity contribution >= 4 is 5.91 Å². The molecule has 0 saturated heterocycles. The molecule has 0 radical (unpaired) electrons. The average molecular weight is 269 g/mol. The van der Waals surface area contributed by atoms with Crippen molar-refractivity contribution in [3.8, 4) is 6.07 Å². The molecule has 100 valence electrons. The molecule has 0 aliphatic rings. The van der Waals surface area contributed by atoms with E-state index in [1.165, 1.54) is 18.3 Å². The van der Waals surface area contributed by atoms with E-state index in [9.17, 15) is 9.18 Å². The molecule has 0 atom stereocenters. The van der Waals surface area contributed by atoms with E-state index >= 15 is 0 Å². The maximum Gasteiger partial charge on any atom is 0.253 e. The second kappa shape index (κ2) is 5.93. The highest BCUT2D eigenvalue weighted by Crippen LogP contribution is 2.10. The van der Waals surface area contributed by atoms with Gasteiger partial charge in [-0.15, -0.1) is 0 Å². The number of benzene rings is 1. The Hall–Kier alpha value is -2.74. The van der Waals surface area contributed by atoms with E-state index in [1.807, 2.05) is 13.0 Å². The fourth-order valence-corrected chi connectivity index (χ4v) is 1.64. The highest BCUT2D eigenvalue weighted by atomic mass is 19.1. The van der Waals surface area contributed by atoms with Gasteiger partial charge in [0.2, 0.25) is 0 Å². The number of nitriles is 1. The molecule has 2 aromatic rings. The molecule has 1 amide bonds. The summed E-state index contributed by atoms with van der Waals surface area (Å²) < 4.78 is 13.6. The van der Waals surface area contributed by atoms with Crippen molar-refractivity contribution in [2.45, 2.75) is 13.5 Å². The lowest BCUT2D eigenvalue weighted by Gasteiger charge is -2.06. The van der Waals surface area contributed by atoms with Gasteiger partial charge in [-0.05, 0) is 31.2 Å². The first-order valence-electron chi connectivity index (χ1n) is 5.99. The van der Waals surface area contributed by atoms with Crippen LogP contribution in [0.3, 0.4) is 0 Å². The largest absolute Gasteiger partial charge is 0.348 e. The summed E-state index contributed by atoms with van der Waals surface area (Å²) in [6, 6.07) is 9.40. The predicted molar refractivity (Wildman–Crippen MR) is 71.3 cm³/mol. The summed E-state index contributed by atoms with van der Waals surface area (Å²) >= 11 is 0. The Balaban J connectivity index is 2.04. The lowest BCUT2D eigenvalue weighted by atomic mass is 10.1. The molecular formula is C15H12FN3O. The Labute approximate surface area is 115 Å². The summed E-state index contributed by atoms with van der Waals surface area (Å²) in [7, 11) is 0. The first-order valence-corrected chi connectivity index (χ1v) is 5.99. The van der Waals surface area contributed by atoms with Gasteiger partial charge in [0.15, 0.2) is 0 Å². The van der Waals surface area contributed by atoms with Crippen LogP contribution >= 0.6 is 0 Å². The van der Waals surface area contributed by atoms with Crippen LogP contribution in [0.4, 0.5) is 4.39 Å². The van der Waals surface area contributed by atoms with Gasteiger partial charge >= 0.3 is 0 Å². The van der Waals surface area contributed by atoms with Crippen LogP contribution in [0.1, 0.15) is 27.2 Å². The lowest BCUT2D eigenvalue weighted by molar-refractivity contribution is 0.0950. The third-order valence-electron chi connectivity index (χ3n) is 2.80. The SMILES string of the molecule is Cc1ccc(C(=O)NCc2ccc(C#N)cc2F)cn1. The summed E-state index contributed by atoms with van der Waals surface area (Å²) in [6.07, 6.45) is 1.47. The summed E-state index contributed by atoms with van der Waals surface area (Å²) in [6.45, 7) is 1.89. The number of carbonyl (C=O) groups is 1. The molecule has 0 aliphatic carbocycles. The van der Waals surface area contributed by atoms with Crippen LogP contribution in [-0.2, 0) is 6.54 Å². The molecular weight excluding hydrogens is 257 g/mol. The topological polar surface area (TPSA) is 65.8 Å². The molecule has 4 nitrogen and oxygen atoms in total. The van der Waals surface area contributed by atoms with Gasteiger partial charge in [0.05, 0.1) is 17.2 Å². The highest BCUT2D eigenvalue weighted by Gasteiger charge is 2.08. The molecule has 5 heteroatoms. The summed E-state index contributed by atoms with van der Waals surface area (Å²) in [4.78, 5) is 15.9. The van der Waals surface area contributed by atoms with Crippen LogP contribution in [0.15, 0.2) is 36.5 Å². The van der Waals surface area contributed by atoms with Crippen LogP contribution in [0.25, 0.3) is 0 Å². The molecule has 20 heavy (non-hydrogen) atoms. The van der Waals surface area contributed by atoms with Crippen LogP contribution in [0.5, 0.6) is 0 Å². The van der Waals surface area contributed by atoms with Crippen molar-refractivity contribution in [2.24, 2.45) is 0 Å². The van der Waals surface area contributed by atoms with Crippen LogP contribution in [0.2, 0.25) is 0 Å². The van der Waals surface area contributed by atoms with Gasteiger partial charge in [0.25, 0.3) is 5.91 Å². The quantitative estimate of drug-likeness (QED) is 0.930. The Bertz CT molecular complexity index is 675. The average Bonchev–Trinajstić information content (AvgIpc) is 2.46. The van der Waals surface area contributed by atoms with E-state index in [2.05, 4.69) is 10.3 Å². The maximum atomic E-state index is 13.6. The second-order valence-corrected chi connectivity index (χ2v) is 4.29. The fourth-order valence-electron chi connectivity index (χ4n) is 1.64. The molecule has 1 N–H and O–H groups in total. The van der Waals surface area contributed by atoms with E-state index in [-0.39, 0.29) is 18.0 Å². The molecule has 0 spiro atoms. The molecule has 0 saturated carbocycles. The molecule has 1 aromatic carbocycles. The van der Waals surface area contributed by atoms with Gasteiger partial charge < -0.3 is 5.32 Å². The Morgan fingerprint density at radius 2 is 2.20 bits per heavy atom. The molecule has 2 rings (SSSR count). The zero-order valence-corrected chi connectivity index (χ0v) is 10.9. The van der Waals surface area contributed by atoms with Crippen molar-refractivity contribution < 1.29 is 9.18 Å². The molecule has 1 aromatic heterocycles. The number of nitrogens with zero attached hydrogens (tertiary/aromatic N) is 2. The first-order chi connectivity index (χ1) is 9.60. The normalized spacial score (nSPS) is 9.85. The first kappa shape index (κ1) is 13.7. The van der Waals surface area contributed by atoms with Crippen molar-refractivity contribution in [3.63, 3.8) is 0 Å². The third-order valence-corrected chi connectivity index (χ3v) is 2.80. The van der Waals surface area contributed by atoms with E-state index in [1.54, 1.807) is 12.1 Å². The zero-order valence-electron chi connectivity index (χ0n) is 10.9. The number of hydrogen-bond donors (Lipinski definition) is 1. The zero-order chi connectivity index (χ0) is 14.5. The molecule has 1 heterocycles. The van der Waals surface area contributed by atoms with Crippen LogP contribution in [-0.4, -0.2) is 10.9 Å². The lowest BCUT2D eigenvalue weighted by Crippen LogP contribution is -2.23. The number of halogens is 1. The van der Waals surface area contributed by atoms with Gasteiger partial charge in [-0.25, -0.2) is 4.39 Å². The number of nitrogens with one attached hydrogen (secondary N) is 1. The van der Waals surface area contributed by atoms with Gasteiger partial charge in [0, 0.05) is 24.0 Å². The summed E-state index contributed by atoms with van der Waals surface area (Å²) in [5.41, 5.74) is 1.82. The van der Waals surface area contributed by atoms with Gasteiger partial charge in [-0.2, -0.15) is 5.26 Å². The van der Waals surface area contributed by atoms with Crippen molar-refractivity contribution in [2.75, 3.05) is 0 Å². The number of aryl methyl sites for hydroxylation is 1. The Kier molecular flexibility index (Phi) is 4.06. The molecule has 0 aliphatic heterocycles. The number of carbonyl (C=O) groups excluding carboxylic acids is 1. The molecule has 0 bridgehead atoms. The van der Waals surface area contributed by atoms with Crippen molar-refractivity contribution in [1.82, 2.24) is 10.3 Å². The molecule has 0 unspecified atom stereocenters. The van der Waals surface area contributed by atoms with Crippen molar-refractivity contribution in [1.29, 1.82) is 5.26 Å². The monoisotopic (exact) mass is 269 g/mol. The van der Waals surface area contributed by atoms with Gasteiger partial charge in [0.1, 0.15) is 5.82 Å². The van der Waals surface area contributed by atoms with Gasteiger partial charge in [-0.3, -0.25) is 9.78 Å². The summed E-state index contributed by atoms with van der Waals surface area (Å²) in [5, 5.41) is 11.3.